The smallest absolute Gasteiger partial charge is 0.416 e. The largest absolute Gasteiger partial charge is 0.494 e. The number of hydrogen-bond donors (Lipinski definition) is 1. The van der Waals surface area contributed by atoms with Crippen LogP contribution in [0.3, 0.4) is 0 Å². The van der Waals surface area contributed by atoms with Gasteiger partial charge in [0.2, 0.25) is 5.88 Å². The lowest BCUT2D eigenvalue weighted by molar-refractivity contribution is -0.137. The number of fused-ring (bicyclic) bond motifs is 1. The van der Waals surface area contributed by atoms with E-state index in [1.165, 1.54) is 17.4 Å². The van der Waals surface area contributed by atoms with Gasteiger partial charge in [0, 0.05) is 28.2 Å². The number of aromatic nitrogens is 1. The Morgan fingerprint density at radius 3 is 2.53 bits per heavy atom. The Morgan fingerprint density at radius 2 is 1.87 bits per heavy atom. The summed E-state index contributed by atoms with van der Waals surface area (Å²) in [7, 11) is 0. The van der Waals surface area contributed by atoms with Gasteiger partial charge in [-0.15, -0.1) is 11.3 Å². The number of benzene rings is 2. The van der Waals surface area contributed by atoms with Crippen molar-refractivity contribution in [3.8, 4) is 11.1 Å². The SMILES string of the molecule is CC1=C2N(Cc3cnc(Cl)s3)C(=O)C(c3ccc(Cl)c(-c4ccc(C(F)(F)F)cc4C)c3)=C(O)N2CC=C1. The molecule has 1 aromatic heterocycles. The summed E-state index contributed by atoms with van der Waals surface area (Å²) in [6.07, 6.45) is 0.893. The molecular weight excluding hydrogens is 558 g/mol. The maximum Gasteiger partial charge on any atom is 0.416 e. The molecule has 0 spiro atoms. The van der Waals surface area contributed by atoms with Crippen molar-refractivity contribution in [2.24, 2.45) is 0 Å². The van der Waals surface area contributed by atoms with Crippen LogP contribution >= 0.6 is 34.5 Å². The van der Waals surface area contributed by atoms with Crippen molar-refractivity contribution < 1.29 is 23.1 Å². The van der Waals surface area contributed by atoms with Gasteiger partial charge in [-0.3, -0.25) is 14.6 Å². The molecule has 2 aliphatic rings. The Hall–Kier alpha value is -3.27. The minimum absolute atomic E-state index is 0.0509. The minimum atomic E-state index is -4.47. The molecular formula is C27H20Cl2F3N3O2S. The maximum absolute atomic E-state index is 13.9. The van der Waals surface area contributed by atoms with Crippen molar-refractivity contribution in [2.45, 2.75) is 26.6 Å². The molecule has 1 amide bonds. The molecule has 0 saturated heterocycles. The van der Waals surface area contributed by atoms with Gasteiger partial charge in [0.1, 0.15) is 11.4 Å². The molecule has 38 heavy (non-hydrogen) atoms. The lowest BCUT2D eigenvalue weighted by Crippen LogP contribution is -2.45. The van der Waals surface area contributed by atoms with Gasteiger partial charge in [0.05, 0.1) is 12.1 Å². The predicted molar refractivity (Wildman–Crippen MR) is 142 cm³/mol. The molecule has 0 radical (unpaired) electrons. The first-order valence-electron chi connectivity index (χ1n) is 11.4. The van der Waals surface area contributed by atoms with Crippen molar-refractivity contribution in [3.05, 3.63) is 103 Å². The molecule has 0 atom stereocenters. The molecule has 0 saturated carbocycles. The normalized spacial score (nSPS) is 16.0. The van der Waals surface area contributed by atoms with Gasteiger partial charge in [-0.05, 0) is 60.4 Å². The number of aliphatic hydroxyl groups is 1. The summed E-state index contributed by atoms with van der Waals surface area (Å²) in [5, 5.41) is 11.6. The monoisotopic (exact) mass is 577 g/mol. The third kappa shape index (κ3) is 4.70. The van der Waals surface area contributed by atoms with E-state index < -0.39 is 17.6 Å². The number of rotatable bonds is 4. The van der Waals surface area contributed by atoms with Crippen molar-refractivity contribution in [2.75, 3.05) is 6.54 Å². The highest BCUT2D eigenvalue weighted by molar-refractivity contribution is 7.15. The first kappa shape index (κ1) is 26.3. The fraction of sp³-hybridized carbons (Fsp3) is 0.185. The van der Waals surface area contributed by atoms with E-state index in [2.05, 4.69) is 4.98 Å². The molecule has 0 unspecified atom stereocenters. The average Bonchev–Trinajstić information content (AvgIpc) is 3.27. The summed E-state index contributed by atoms with van der Waals surface area (Å²) >= 11 is 13.7. The van der Waals surface area contributed by atoms with Gasteiger partial charge < -0.3 is 5.11 Å². The quantitative estimate of drug-likeness (QED) is 0.343. The molecule has 2 aliphatic heterocycles. The minimum Gasteiger partial charge on any atom is -0.494 e. The topological polar surface area (TPSA) is 56.7 Å². The molecule has 196 valence electrons. The van der Waals surface area contributed by atoms with Crippen LogP contribution in [0.15, 0.2) is 72.0 Å². The number of halogens is 5. The van der Waals surface area contributed by atoms with E-state index in [4.69, 9.17) is 23.2 Å². The molecule has 3 heterocycles. The highest BCUT2D eigenvalue weighted by Crippen LogP contribution is 2.41. The van der Waals surface area contributed by atoms with E-state index in [9.17, 15) is 23.1 Å². The third-order valence-corrected chi connectivity index (χ3v) is 7.83. The van der Waals surface area contributed by atoms with Crippen molar-refractivity contribution in [1.29, 1.82) is 0 Å². The van der Waals surface area contributed by atoms with Crippen molar-refractivity contribution >= 4 is 46.0 Å². The van der Waals surface area contributed by atoms with Gasteiger partial charge >= 0.3 is 6.18 Å². The number of nitrogens with zero attached hydrogens (tertiary/aromatic N) is 3. The summed E-state index contributed by atoms with van der Waals surface area (Å²) in [4.78, 5) is 22.0. The fourth-order valence-electron chi connectivity index (χ4n) is 4.66. The van der Waals surface area contributed by atoms with E-state index in [1.54, 1.807) is 41.1 Å². The van der Waals surface area contributed by atoms with Gasteiger partial charge in [-0.25, -0.2) is 4.98 Å². The number of carbonyl (C=O) groups excluding carboxylic acids is 1. The number of allylic oxidation sites excluding steroid dienone is 2. The first-order valence-corrected chi connectivity index (χ1v) is 13.0. The van der Waals surface area contributed by atoms with E-state index in [-0.39, 0.29) is 18.0 Å². The van der Waals surface area contributed by atoms with Gasteiger partial charge in [-0.2, -0.15) is 13.2 Å². The molecule has 5 nitrogen and oxygen atoms in total. The summed E-state index contributed by atoms with van der Waals surface area (Å²) in [5.74, 6) is -0.105. The zero-order valence-corrected chi connectivity index (χ0v) is 22.4. The Balaban J connectivity index is 1.62. The number of hydrogen-bond acceptors (Lipinski definition) is 5. The molecule has 3 aromatic rings. The number of aliphatic hydroxyl groups excluding tert-OH is 1. The van der Waals surface area contributed by atoms with Crippen LogP contribution in [-0.4, -0.2) is 32.3 Å². The average molecular weight is 578 g/mol. The number of amides is 1. The second-order valence-corrected chi connectivity index (χ2v) is 11.0. The van der Waals surface area contributed by atoms with Crippen LogP contribution in [0.4, 0.5) is 13.2 Å². The summed E-state index contributed by atoms with van der Waals surface area (Å²) in [6, 6.07) is 8.21. The number of alkyl halides is 3. The second-order valence-electron chi connectivity index (χ2n) is 8.91. The fourth-order valence-corrected chi connectivity index (χ4v) is 5.84. The number of aryl methyl sites for hydroxylation is 1. The molecule has 5 rings (SSSR count). The van der Waals surface area contributed by atoms with E-state index in [1.807, 2.05) is 19.1 Å². The molecule has 0 bridgehead atoms. The van der Waals surface area contributed by atoms with Gasteiger partial charge in [-0.1, -0.05) is 47.5 Å². The number of thiazole rings is 1. The van der Waals surface area contributed by atoms with E-state index in [0.717, 1.165) is 22.6 Å². The summed E-state index contributed by atoms with van der Waals surface area (Å²) in [6.45, 7) is 3.95. The Bertz CT molecular complexity index is 1560. The Labute approximate surface area is 230 Å². The van der Waals surface area contributed by atoms with Crippen LogP contribution in [0, 0.1) is 6.92 Å². The van der Waals surface area contributed by atoms with Gasteiger partial charge in [0.15, 0.2) is 4.47 Å². The molecule has 0 aliphatic carbocycles. The zero-order chi connectivity index (χ0) is 27.4. The standard InChI is InChI=1S/C27H20Cl2F3N3O2S/c1-14-4-3-9-34-23(14)35(13-18-12-33-26(29)38-18)25(37)22(24(34)36)16-5-8-21(28)20(11-16)19-7-6-17(10-15(19)2)27(30,31)32/h3-8,10-12,36H,9,13H2,1-2H3. The summed E-state index contributed by atoms with van der Waals surface area (Å²) < 4.78 is 40.0. The second kappa shape index (κ2) is 9.80. The van der Waals surface area contributed by atoms with Crippen molar-refractivity contribution in [3.63, 3.8) is 0 Å². The maximum atomic E-state index is 13.9. The molecule has 2 aromatic carbocycles. The highest BCUT2D eigenvalue weighted by atomic mass is 35.5. The van der Waals surface area contributed by atoms with Crippen LogP contribution in [0.5, 0.6) is 0 Å². The lowest BCUT2D eigenvalue weighted by atomic mass is 9.93. The van der Waals surface area contributed by atoms with E-state index in [0.29, 0.717) is 44.1 Å². The van der Waals surface area contributed by atoms with Crippen LogP contribution in [0.25, 0.3) is 16.7 Å². The summed E-state index contributed by atoms with van der Waals surface area (Å²) in [5.41, 5.74) is 1.77. The van der Waals surface area contributed by atoms with Crippen LogP contribution in [0.1, 0.15) is 28.5 Å². The van der Waals surface area contributed by atoms with Gasteiger partial charge in [0.25, 0.3) is 5.91 Å². The van der Waals surface area contributed by atoms with Crippen LogP contribution in [-0.2, 0) is 17.5 Å². The predicted octanol–water partition coefficient (Wildman–Crippen LogP) is 7.82. The first-order chi connectivity index (χ1) is 18.0. The highest BCUT2D eigenvalue weighted by Gasteiger charge is 2.39. The van der Waals surface area contributed by atoms with Crippen molar-refractivity contribution in [1.82, 2.24) is 14.8 Å². The Morgan fingerprint density at radius 1 is 1.11 bits per heavy atom. The van der Waals surface area contributed by atoms with Crippen LogP contribution < -0.4 is 0 Å². The van der Waals surface area contributed by atoms with E-state index >= 15 is 0 Å². The Kier molecular flexibility index (Phi) is 6.79. The zero-order valence-electron chi connectivity index (χ0n) is 20.1. The lowest BCUT2D eigenvalue weighted by Gasteiger charge is -2.41. The number of carbonyl (C=O) groups is 1. The molecule has 0 fully saturated rings. The third-order valence-electron chi connectivity index (χ3n) is 6.40. The molecule has 1 N–H and O–H groups in total. The van der Waals surface area contributed by atoms with Crippen LogP contribution in [0.2, 0.25) is 9.49 Å². The molecule has 11 heteroatoms.